The van der Waals surface area contributed by atoms with Crippen LogP contribution in [-0.4, -0.2) is 52.9 Å². The van der Waals surface area contributed by atoms with E-state index in [4.69, 9.17) is 4.74 Å². The molecule has 1 saturated carbocycles. The Balaban J connectivity index is 1.49. The van der Waals surface area contributed by atoms with Gasteiger partial charge in [-0.15, -0.1) is 10.2 Å². The third kappa shape index (κ3) is 4.81. The van der Waals surface area contributed by atoms with Crippen molar-refractivity contribution in [3.63, 3.8) is 0 Å². The topological polar surface area (TPSA) is 67.3 Å². The fourth-order valence-corrected chi connectivity index (χ4v) is 2.75. The first-order valence-electron chi connectivity index (χ1n) is 8.41. The lowest BCUT2D eigenvalue weighted by atomic mass is 10.1. The van der Waals surface area contributed by atoms with Crippen molar-refractivity contribution in [1.29, 1.82) is 0 Å². The minimum atomic E-state index is -4.22. The quantitative estimate of drug-likeness (QED) is 0.846. The zero-order chi connectivity index (χ0) is 18.0. The van der Waals surface area contributed by atoms with Crippen molar-refractivity contribution in [3.8, 4) is 5.88 Å². The normalized spacial score (nSPS) is 22.6. The van der Waals surface area contributed by atoms with Gasteiger partial charge in [-0.2, -0.15) is 13.2 Å². The largest absolute Gasteiger partial charge is 0.476 e. The average molecular weight is 358 g/mol. The summed E-state index contributed by atoms with van der Waals surface area (Å²) in [6.07, 6.45) is -1.85. The number of hydrogen-bond donors (Lipinski definition) is 1. The van der Waals surface area contributed by atoms with Crippen molar-refractivity contribution in [2.45, 2.75) is 38.4 Å². The molecule has 0 radical (unpaired) electrons. The van der Waals surface area contributed by atoms with Crippen LogP contribution in [0.5, 0.6) is 5.88 Å². The second kappa shape index (κ2) is 7.15. The number of likely N-dealkylation sites (tertiary alicyclic amines) is 1. The standard InChI is InChI=1S/C16H21F3N4O2/c1-10(23-7-6-12(8-23)16(17,18)19)15(24)20-13-4-5-14(22-21-13)25-9-11-2-3-11/h4-5,10-12H,2-3,6-9H2,1H3,(H,20,21,24). The Morgan fingerprint density at radius 3 is 2.68 bits per heavy atom. The summed E-state index contributed by atoms with van der Waals surface area (Å²) in [7, 11) is 0. The van der Waals surface area contributed by atoms with Crippen LogP contribution in [0.25, 0.3) is 0 Å². The molecule has 3 rings (SSSR count). The minimum absolute atomic E-state index is 0.0218. The lowest BCUT2D eigenvalue weighted by Gasteiger charge is -2.23. The SMILES string of the molecule is CC(C(=O)Nc1ccc(OCC2CC2)nn1)N1CCC(C(F)(F)F)C1. The van der Waals surface area contributed by atoms with Crippen LogP contribution in [0.4, 0.5) is 19.0 Å². The first-order chi connectivity index (χ1) is 11.8. The number of amides is 1. The van der Waals surface area contributed by atoms with Gasteiger partial charge in [0.2, 0.25) is 11.8 Å². The zero-order valence-electron chi connectivity index (χ0n) is 13.9. The fraction of sp³-hybridized carbons (Fsp3) is 0.688. The molecule has 2 unspecified atom stereocenters. The maximum absolute atomic E-state index is 12.7. The Morgan fingerprint density at radius 1 is 1.36 bits per heavy atom. The summed E-state index contributed by atoms with van der Waals surface area (Å²) in [6, 6.07) is 2.52. The number of rotatable bonds is 6. The summed E-state index contributed by atoms with van der Waals surface area (Å²) in [5, 5.41) is 10.3. The van der Waals surface area contributed by atoms with Gasteiger partial charge in [0.15, 0.2) is 5.82 Å². The molecule has 1 aromatic heterocycles. The molecule has 0 aromatic carbocycles. The lowest BCUT2D eigenvalue weighted by Crippen LogP contribution is -2.41. The highest BCUT2D eigenvalue weighted by Gasteiger charge is 2.45. The van der Waals surface area contributed by atoms with Gasteiger partial charge in [-0.1, -0.05) is 0 Å². The van der Waals surface area contributed by atoms with Crippen LogP contribution >= 0.6 is 0 Å². The van der Waals surface area contributed by atoms with Crippen LogP contribution in [0.1, 0.15) is 26.2 Å². The van der Waals surface area contributed by atoms with E-state index in [-0.39, 0.29) is 25.3 Å². The molecule has 2 fully saturated rings. The first kappa shape index (κ1) is 17.9. The van der Waals surface area contributed by atoms with Crippen molar-refractivity contribution in [1.82, 2.24) is 15.1 Å². The van der Waals surface area contributed by atoms with E-state index < -0.39 is 24.0 Å². The van der Waals surface area contributed by atoms with Crippen molar-refractivity contribution in [3.05, 3.63) is 12.1 Å². The predicted octanol–water partition coefficient (Wildman–Crippen LogP) is 2.48. The molecule has 1 N–H and O–H groups in total. The van der Waals surface area contributed by atoms with E-state index in [1.54, 1.807) is 19.1 Å². The molecule has 6 nitrogen and oxygen atoms in total. The summed E-state index contributed by atoms with van der Waals surface area (Å²) in [4.78, 5) is 13.8. The zero-order valence-corrected chi connectivity index (χ0v) is 13.9. The monoisotopic (exact) mass is 358 g/mol. The summed E-state index contributed by atoms with van der Waals surface area (Å²) in [5.41, 5.74) is 0. The Hall–Kier alpha value is -1.90. The second-order valence-corrected chi connectivity index (χ2v) is 6.70. The van der Waals surface area contributed by atoms with E-state index in [9.17, 15) is 18.0 Å². The summed E-state index contributed by atoms with van der Waals surface area (Å²) >= 11 is 0. The van der Waals surface area contributed by atoms with Gasteiger partial charge < -0.3 is 10.1 Å². The van der Waals surface area contributed by atoms with Gasteiger partial charge in [-0.3, -0.25) is 9.69 Å². The van der Waals surface area contributed by atoms with Gasteiger partial charge in [0.1, 0.15) is 0 Å². The maximum Gasteiger partial charge on any atom is 0.393 e. The number of anilines is 1. The smallest absolute Gasteiger partial charge is 0.393 e. The molecule has 1 aliphatic heterocycles. The van der Waals surface area contributed by atoms with Crippen molar-refractivity contribution in [2.24, 2.45) is 11.8 Å². The predicted molar refractivity (Wildman–Crippen MR) is 84.1 cm³/mol. The van der Waals surface area contributed by atoms with Crippen molar-refractivity contribution >= 4 is 11.7 Å². The Bertz CT molecular complexity index is 604. The number of halogens is 3. The number of nitrogens with one attached hydrogen (secondary N) is 1. The molecule has 1 saturated heterocycles. The average Bonchev–Trinajstić information content (AvgIpc) is 3.25. The number of alkyl halides is 3. The summed E-state index contributed by atoms with van der Waals surface area (Å²) in [6.45, 7) is 2.30. The molecule has 1 aromatic rings. The molecule has 2 atom stereocenters. The second-order valence-electron chi connectivity index (χ2n) is 6.70. The highest BCUT2D eigenvalue weighted by atomic mass is 19.4. The molecule has 2 heterocycles. The van der Waals surface area contributed by atoms with E-state index in [1.807, 2.05) is 0 Å². The molecular weight excluding hydrogens is 337 g/mol. The van der Waals surface area contributed by atoms with Crippen LogP contribution < -0.4 is 10.1 Å². The Kier molecular flexibility index (Phi) is 5.12. The molecule has 0 bridgehead atoms. The molecule has 25 heavy (non-hydrogen) atoms. The van der Waals surface area contributed by atoms with Crippen LogP contribution in [0.3, 0.4) is 0 Å². The third-order valence-electron chi connectivity index (χ3n) is 4.66. The summed E-state index contributed by atoms with van der Waals surface area (Å²) in [5.74, 6) is -0.523. The van der Waals surface area contributed by atoms with Crippen LogP contribution in [0.15, 0.2) is 12.1 Å². The van der Waals surface area contributed by atoms with E-state index in [0.717, 1.165) is 0 Å². The number of carbonyl (C=O) groups is 1. The van der Waals surface area contributed by atoms with Crippen molar-refractivity contribution in [2.75, 3.05) is 25.0 Å². The third-order valence-corrected chi connectivity index (χ3v) is 4.66. The number of nitrogens with zero attached hydrogens (tertiary/aromatic N) is 3. The fourth-order valence-electron chi connectivity index (χ4n) is 2.75. The van der Waals surface area contributed by atoms with Gasteiger partial charge in [0, 0.05) is 12.6 Å². The minimum Gasteiger partial charge on any atom is -0.476 e. The number of hydrogen-bond acceptors (Lipinski definition) is 5. The molecule has 2 aliphatic rings. The number of ether oxygens (including phenoxy) is 1. The van der Waals surface area contributed by atoms with Gasteiger partial charge in [0.05, 0.1) is 18.6 Å². The molecule has 1 amide bonds. The first-order valence-corrected chi connectivity index (χ1v) is 8.41. The Morgan fingerprint density at radius 2 is 2.12 bits per heavy atom. The van der Waals surface area contributed by atoms with Gasteiger partial charge in [0.25, 0.3) is 0 Å². The highest BCUT2D eigenvalue weighted by Crippen LogP contribution is 2.34. The number of aromatic nitrogens is 2. The van der Waals surface area contributed by atoms with Gasteiger partial charge >= 0.3 is 6.18 Å². The maximum atomic E-state index is 12.7. The lowest BCUT2D eigenvalue weighted by molar-refractivity contribution is -0.171. The van der Waals surface area contributed by atoms with Crippen molar-refractivity contribution < 1.29 is 22.7 Å². The van der Waals surface area contributed by atoms with E-state index >= 15 is 0 Å². The van der Waals surface area contributed by atoms with Crippen LogP contribution in [0, 0.1) is 11.8 Å². The van der Waals surface area contributed by atoms with Crippen LogP contribution in [0.2, 0.25) is 0 Å². The molecular formula is C16H21F3N4O2. The summed E-state index contributed by atoms with van der Waals surface area (Å²) < 4.78 is 43.7. The highest BCUT2D eigenvalue weighted by molar-refractivity contribution is 5.93. The Labute approximate surface area is 143 Å². The molecule has 9 heteroatoms. The van der Waals surface area contributed by atoms with E-state index in [0.29, 0.717) is 18.4 Å². The van der Waals surface area contributed by atoms with Crippen LogP contribution in [-0.2, 0) is 4.79 Å². The number of carbonyl (C=O) groups excluding carboxylic acids is 1. The van der Waals surface area contributed by atoms with E-state index in [1.165, 1.54) is 17.7 Å². The van der Waals surface area contributed by atoms with Gasteiger partial charge in [-0.05, 0) is 44.7 Å². The van der Waals surface area contributed by atoms with E-state index in [2.05, 4.69) is 15.5 Å². The molecule has 0 spiro atoms. The van der Waals surface area contributed by atoms with Gasteiger partial charge in [-0.25, -0.2) is 0 Å². The molecule has 138 valence electrons. The molecule has 1 aliphatic carbocycles.